The van der Waals surface area contributed by atoms with Crippen molar-refractivity contribution >= 4 is 0 Å². The van der Waals surface area contributed by atoms with Gasteiger partial charge >= 0.3 is 0 Å². The molecule has 0 saturated heterocycles. The van der Waals surface area contributed by atoms with Gasteiger partial charge in [0.15, 0.2) is 0 Å². The van der Waals surface area contributed by atoms with E-state index < -0.39 is 0 Å². The first-order valence-electron chi connectivity index (χ1n) is 5.54. The van der Waals surface area contributed by atoms with E-state index in [9.17, 15) is 0 Å². The van der Waals surface area contributed by atoms with E-state index in [1.807, 2.05) is 0 Å². The smallest absolute Gasteiger partial charge is 0.0706 e. The zero-order valence-electron chi connectivity index (χ0n) is 8.88. The predicted molar refractivity (Wildman–Crippen MR) is 55.3 cm³/mol. The molecule has 0 spiro atoms. The standard InChI is InChI=1S/C11H17N3/c1-12-8-5-6-9-10(8)11(7-3-4-7)13-14(9)2/h7-8,12H,3-6H2,1-2H3. The summed E-state index contributed by atoms with van der Waals surface area (Å²) in [7, 11) is 4.15. The molecule has 0 aromatic carbocycles. The molecule has 2 aliphatic rings. The minimum atomic E-state index is 0.564. The van der Waals surface area contributed by atoms with Gasteiger partial charge in [0.25, 0.3) is 0 Å². The molecule has 0 radical (unpaired) electrons. The van der Waals surface area contributed by atoms with Crippen LogP contribution in [0.25, 0.3) is 0 Å². The number of hydrogen-bond acceptors (Lipinski definition) is 2. The molecule has 0 aliphatic heterocycles. The van der Waals surface area contributed by atoms with Crippen molar-refractivity contribution in [2.24, 2.45) is 7.05 Å². The molecule has 1 heterocycles. The third kappa shape index (κ3) is 1.05. The van der Waals surface area contributed by atoms with Crippen LogP contribution in [0.1, 0.15) is 48.2 Å². The lowest BCUT2D eigenvalue weighted by atomic mass is 10.1. The summed E-state index contributed by atoms with van der Waals surface area (Å²) in [5.74, 6) is 0.777. The molecule has 14 heavy (non-hydrogen) atoms. The minimum Gasteiger partial charge on any atom is -0.313 e. The second-order valence-corrected chi connectivity index (χ2v) is 4.52. The molecule has 3 heteroatoms. The normalized spacial score (nSPS) is 25.4. The minimum absolute atomic E-state index is 0.564. The highest BCUT2D eigenvalue weighted by molar-refractivity contribution is 5.37. The summed E-state index contributed by atoms with van der Waals surface area (Å²) in [6.07, 6.45) is 5.13. The third-order valence-corrected chi connectivity index (χ3v) is 3.57. The van der Waals surface area contributed by atoms with Crippen LogP contribution in [-0.2, 0) is 13.5 Å². The second-order valence-electron chi connectivity index (χ2n) is 4.52. The molecule has 1 atom stereocenters. The summed E-state index contributed by atoms with van der Waals surface area (Å²) in [5, 5.41) is 8.07. The quantitative estimate of drug-likeness (QED) is 0.768. The van der Waals surface area contributed by atoms with Crippen LogP contribution in [-0.4, -0.2) is 16.8 Å². The molecule has 1 unspecified atom stereocenters. The summed E-state index contributed by atoms with van der Waals surface area (Å²) < 4.78 is 2.10. The van der Waals surface area contributed by atoms with Crippen LogP contribution in [0.5, 0.6) is 0 Å². The van der Waals surface area contributed by atoms with Crippen molar-refractivity contribution < 1.29 is 0 Å². The summed E-state index contributed by atoms with van der Waals surface area (Å²) in [4.78, 5) is 0. The Hall–Kier alpha value is -0.830. The first kappa shape index (κ1) is 8.48. The van der Waals surface area contributed by atoms with Gasteiger partial charge in [0.05, 0.1) is 5.69 Å². The van der Waals surface area contributed by atoms with E-state index in [2.05, 4.69) is 29.2 Å². The zero-order valence-corrected chi connectivity index (χ0v) is 8.88. The van der Waals surface area contributed by atoms with Crippen LogP contribution in [0.3, 0.4) is 0 Å². The summed E-state index contributed by atoms with van der Waals surface area (Å²) in [5.41, 5.74) is 4.38. The highest BCUT2D eigenvalue weighted by Crippen LogP contribution is 2.45. The highest BCUT2D eigenvalue weighted by atomic mass is 15.3. The van der Waals surface area contributed by atoms with Crippen molar-refractivity contribution in [3.05, 3.63) is 17.0 Å². The summed E-state index contributed by atoms with van der Waals surface area (Å²) >= 11 is 0. The molecule has 1 saturated carbocycles. The SMILES string of the molecule is CNC1CCc2c1c(C1CC1)nn2C. The Morgan fingerprint density at radius 2 is 2.14 bits per heavy atom. The molecule has 0 amide bonds. The van der Waals surface area contributed by atoms with Gasteiger partial charge in [-0.25, -0.2) is 0 Å². The Balaban J connectivity index is 2.09. The number of fused-ring (bicyclic) bond motifs is 1. The Kier molecular flexibility index (Phi) is 1.71. The van der Waals surface area contributed by atoms with Crippen LogP contribution in [0, 0.1) is 0 Å². The van der Waals surface area contributed by atoms with E-state index in [1.165, 1.54) is 42.6 Å². The zero-order chi connectivity index (χ0) is 9.71. The molecule has 3 rings (SSSR count). The van der Waals surface area contributed by atoms with Gasteiger partial charge in [-0.2, -0.15) is 5.10 Å². The molecule has 1 aromatic heterocycles. The van der Waals surface area contributed by atoms with E-state index in [0.717, 1.165) is 5.92 Å². The van der Waals surface area contributed by atoms with Crippen molar-refractivity contribution in [1.29, 1.82) is 0 Å². The number of nitrogens with one attached hydrogen (secondary N) is 1. The van der Waals surface area contributed by atoms with Crippen LogP contribution in [0.4, 0.5) is 0 Å². The van der Waals surface area contributed by atoms with Gasteiger partial charge in [0, 0.05) is 30.3 Å². The largest absolute Gasteiger partial charge is 0.313 e. The Bertz CT molecular complexity index is 363. The van der Waals surface area contributed by atoms with Gasteiger partial charge in [0.1, 0.15) is 0 Å². The lowest BCUT2D eigenvalue weighted by Crippen LogP contribution is -2.14. The summed E-state index contributed by atoms with van der Waals surface area (Å²) in [6, 6.07) is 0.564. The number of hydrogen-bond donors (Lipinski definition) is 1. The Morgan fingerprint density at radius 1 is 1.36 bits per heavy atom. The number of aryl methyl sites for hydroxylation is 1. The molecule has 1 fully saturated rings. The number of rotatable bonds is 2. The van der Waals surface area contributed by atoms with Gasteiger partial charge in [-0.05, 0) is 32.7 Å². The first-order chi connectivity index (χ1) is 6.81. The van der Waals surface area contributed by atoms with Gasteiger partial charge in [-0.15, -0.1) is 0 Å². The number of nitrogens with zero attached hydrogens (tertiary/aromatic N) is 2. The average Bonchev–Trinajstić information content (AvgIpc) is 2.84. The summed E-state index contributed by atoms with van der Waals surface area (Å²) in [6.45, 7) is 0. The van der Waals surface area contributed by atoms with Gasteiger partial charge < -0.3 is 5.32 Å². The van der Waals surface area contributed by atoms with Gasteiger partial charge in [-0.1, -0.05) is 0 Å². The maximum absolute atomic E-state index is 4.67. The van der Waals surface area contributed by atoms with E-state index in [4.69, 9.17) is 0 Å². The molecule has 1 aromatic rings. The van der Waals surface area contributed by atoms with Crippen molar-refractivity contribution in [3.8, 4) is 0 Å². The van der Waals surface area contributed by atoms with Crippen molar-refractivity contribution in [2.75, 3.05) is 7.05 Å². The van der Waals surface area contributed by atoms with E-state index in [0.29, 0.717) is 6.04 Å². The van der Waals surface area contributed by atoms with E-state index in [1.54, 1.807) is 0 Å². The molecule has 2 aliphatic carbocycles. The van der Waals surface area contributed by atoms with Crippen LogP contribution < -0.4 is 5.32 Å². The third-order valence-electron chi connectivity index (χ3n) is 3.57. The van der Waals surface area contributed by atoms with Crippen molar-refractivity contribution in [2.45, 2.75) is 37.6 Å². The van der Waals surface area contributed by atoms with Crippen LogP contribution in [0.2, 0.25) is 0 Å². The molecule has 1 N–H and O–H groups in total. The van der Waals surface area contributed by atoms with E-state index in [-0.39, 0.29) is 0 Å². The Labute approximate surface area is 84.5 Å². The van der Waals surface area contributed by atoms with E-state index >= 15 is 0 Å². The lowest BCUT2D eigenvalue weighted by molar-refractivity contribution is 0.574. The maximum Gasteiger partial charge on any atom is 0.0706 e. The number of aromatic nitrogens is 2. The molecule has 0 bridgehead atoms. The molecular weight excluding hydrogens is 174 g/mol. The predicted octanol–water partition coefficient (Wildman–Crippen LogP) is 1.50. The fourth-order valence-electron chi connectivity index (χ4n) is 2.65. The monoisotopic (exact) mass is 191 g/mol. The molecular formula is C11H17N3. The highest BCUT2D eigenvalue weighted by Gasteiger charge is 2.36. The Morgan fingerprint density at radius 3 is 2.79 bits per heavy atom. The second kappa shape index (κ2) is 2.83. The van der Waals surface area contributed by atoms with Crippen LogP contribution >= 0.6 is 0 Å². The van der Waals surface area contributed by atoms with Crippen LogP contribution in [0.15, 0.2) is 0 Å². The fraction of sp³-hybridized carbons (Fsp3) is 0.727. The first-order valence-corrected chi connectivity index (χ1v) is 5.54. The van der Waals surface area contributed by atoms with Gasteiger partial charge in [0.2, 0.25) is 0 Å². The molecule has 3 nitrogen and oxygen atoms in total. The lowest BCUT2D eigenvalue weighted by Gasteiger charge is -2.09. The average molecular weight is 191 g/mol. The topological polar surface area (TPSA) is 29.9 Å². The molecule has 76 valence electrons. The maximum atomic E-state index is 4.67. The van der Waals surface area contributed by atoms with Crippen molar-refractivity contribution in [3.63, 3.8) is 0 Å². The van der Waals surface area contributed by atoms with Gasteiger partial charge in [-0.3, -0.25) is 4.68 Å². The van der Waals surface area contributed by atoms with Crippen molar-refractivity contribution in [1.82, 2.24) is 15.1 Å². The fourth-order valence-corrected chi connectivity index (χ4v) is 2.65.